The summed E-state index contributed by atoms with van der Waals surface area (Å²) >= 11 is 0. The summed E-state index contributed by atoms with van der Waals surface area (Å²) in [5.74, 6) is -4.44. The summed E-state index contributed by atoms with van der Waals surface area (Å²) in [6, 6.07) is 2.03. The average molecular weight is 845 g/mol. The molecule has 18 heteroatoms. The molecule has 5 amide bonds. The number of aryl methyl sites for hydroxylation is 1. The van der Waals surface area contributed by atoms with Crippen LogP contribution in [0, 0.1) is 12.8 Å². The molecule has 5 atom stereocenters. The quantitative estimate of drug-likeness (QED) is 0.304. The molecular formula is C41H54F2N6O9S. The number of carbonyl (C=O) groups excluding carboxylic acids is 4. The van der Waals surface area contributed by atoms with Gasteiger partial charge >= 0.3 is 6.03 Å². The minimum absolute atomic E-state index is 0.0372. The lowest BCUT2D eigenvalue weighted by atomic mass is 10.0. The number of amides is 5. The van der Waals surface area contributed by atoms with Gasteiger partial charge in [0.25, 0.3) is 11.8 Å². The normalized spacial score (nSPS) is 27.9. The Bertz CT molecular complexity index is 2150. The highest BCUT2D eigenvalue weighted by atomic mass is 32.2. The molecule has 322 valence electrons. The van der Waals surface area contributed by atoms with Crippen LogP contribution in [0.5, 0.6) is 17.4 Å². The fourth-order valence-electron chi connectivity index (χ4n) is 8.25. The monoisotopic (exact) mass is 844 g/mol. The average Bonchev–Trinajstić information content (AvgIpc) is 3.99. The predicted octanol–water partition coefficient (Wildman–Crippen LogP) is 4.50. The second-order valence-corrected chi connectivity index (χ2v) is 19.3. The summed E-state index contributed by atoms with van der Waals surface area (Å²) in [4.78, 5) is 63.6. The summed E-state index contributed by atoms with van der Waals surface area (Å²) in [6.45, 7) is 6.07. The van der Waals surface area contributed by atoms with Gasteiger partial charge in [0.15, 0.2) is 0 Å². The van der Waals surface area contributed by atoms with Gasteiger partial charge in [0.05, 0.1) is 36.6 Å². The Morgan fingerprint density at radius 2 is 1.85 bits per heavy atom. The molecule has 2 aliphatic carbocycles. The molecule has 2 aromatic rings. The number of carbonyl (C=O) groups is 4. The zero-order chi connectivity index (χ0) is 42.5. The number of fused-ring (bicyclic) bond motifs is 3. The number of benzene rings is 1. The van der Waals surface area contributed by atoms with Crippen molar-refractivity contribution in [3.63, 3.8) is 0 Å². The van der Waals surface area contributed by atoms with Crippen LogP contribution in [0.15, 0.2) is 30.4 Å². The third-order valence-electron chi connectivity index (χ3n) is 12.2. The van der Waals surface area contributed by atoms with E-state index in [1.165, 1.54) is 4.90 Å². The molecular weight excluding hydrogens is 791 g/mol. The van der Waals surface area contributed by atoms with E-state index in [2.05, 4.69) is 15.4 Å². The molecule has 7 rings (SSSR count). The summed E-state index contributed by atoms with van der Waals surface area (Å²) in [7, 11) is -2.49. The smallest absolute Gasteiger partial charge is 0.318 e. The number of rotatable bonds is 9. The molecule has 5 aliphatic rings. The van der Waals surface area contributed by atoms with Crippen molar-refractivity contribution in [2.45, 2.75) is 132 Å². The third-order valence-corrected chi connectivity index (χ3v) is 14.4. The topological polar surface area (TPSA) is 186 Å². The van der Waals surface area contributed by atoms with Crippen LogP contribution in [0.1, 0.15) is 90.5 Å². The Hall–Kier alpha value is -4.74. The second-order valence-electron chi connectivity index (χ2n) is 17.1. The molecule has 3 aliphatic heterocycles. The van der Waals surface area contributed by atoms with Crippen molar-refractivity contribution in [2.24, 2.45) is 5.92 Å². The Morgan fingerprint density at radius 1 is 1.08 bits per heavy atom. The summed E-state index contributed by atoms with van der Waals surface area (Å²) < 4.78 is 74.0. The van der Waals surface area contributed by atoms with Crippen molar-refractivity contribution in [3.8, 4) is 17.4 Å². The lowest BCUT2D eigenvalue weighted by Crippen LogP contribution is -2.59. The second kappa shape index (κ2) is 16.0. The summed E-state index contributed by atoms with van der Waals surface area (Å²) in [5, 5.41) is 6.18. The first-order chi connectivity index (χ1) is 27.8. The van der Waals surface area contributed by atoms with Gasteiger partial charge in [-0.15, -0.1) is 0 Å². The summed E-state index contributed by atoms with van der Waals surface area (Å²) in [6.07, 6.45) is 5.85. The van der Waals surface area contributed by atoms with Gasteiger partial charge in [-0.3, -0.25) is 19.1 Å². The molecule has 15 nitrogen and oxygen atoms in total. The Labute approximate surface area is 343 Å². The van der Waals surface area contributed by atoms with E-state index in [1.807, 2.05) is 32.9 Å². The number of allylic oxidation sites excluding steroid dienone is 1. The molecule has 1 aromatic carbocycles. The number of halogens is 2. The van der Waals surface area contributed by atoms with Crippen LogP contribution in [0.4, 0.5) is 13.6 Å². The van der Waals surface area contributed by atoms with Crippen molar-refractivity contribution in [2.75, 3.05) is 26.7 Å². The number of hydrogen-bond acceptors (Lipinski definition) is 10. The minimum Gasteiger partial charge on any atom is -0.496 e. The third kappa shape index (κ3) is 8.78. The molecule has 0 radical (unpaired) electrons. The van der Waals surface area contributed by atoms with Gasteiger partial charge in [-0.25, -0.2) is 27.0 Å². The van der Waals surface area contributed by atoms with Crippen molar-refractivity contribution in [1.29, 1.82) is 0 Å². The highest BCUT2D eigenvalue weighted by Crippen LogP contribution is 2.48. The lowest BCUT2D eigenvalue weighted by molar-refractivity contribution is -0.141. The number of ether oxygens (including phenoxy) is 3. The van der Waals surface area contributed by atoms with E-state index in [0.717, 1.165) is 10.5 Å². The van der Waals surface area contributed by atoms with E-state index in [1.54, 1.807) is 32.2 Å². The number of hydrogen-bond donors (Lipinski definition) is 3. The van der Waals surface area contributed by atoms with E-state index >= 15 is 0 Å². The molecule has 0 bridgehead atoms. The molecule has 4 fully saturated rings. The van der Waals surface area contributed by atoms with Gasteiger partial charge < -0.3 is 34.6 Å². The van der Waals surface area contributed by atoms with E-state index in [4.69, 9.17) is 19.2 Å². The van der Waals surface area contributed by atoms with Gasteiger partial charge in [-0.2, -0.15) is 0 Å². The number of methoxy groups -OCH3 is 1. The van der Waals surface area contributed by atoms with E-state index in [9.17, 15) is 36.4 Å². The van der Waals surface area contributed by atoms with Crippen molar-refractivity contribution in [1.82, 2.24) is 30.1 Å². The molecule has 59 heavy (non-hydrogen) atoms. The SMILES string of the molecule is COc1ccc2c(O[C@@H]3C[C@H]4C(=O)N[C@]5(C(=O)NS(=O)(=O)C6(C)CC6)C[C@H]5C=CCCCCC[C@H](NC(=O)N5CCC(F)(F)C5)C(=O)N4C3)cc(OC(C)C)nc2c1C. The van der Waals surface area contributed by atoms with Gasteiger partial charge in [-0.05, 0) is 78.4 Å². The first-order valence-corrected chi connectivity index (χ1v) is 21.9. The number of nitrogens with zero attached hydrogens (tertiary/aromatic N) is 3. The Balaban J connectivity index is 1.22. The van der Waals surface area contributed by atoms with Crippen LogP contribution in [0.25, 0.3) is 10.9 Å². The standard InChI is InChI=1S/C41H54F2N6O9S/c1-24(2)57-33-20-32(28-13-14-31(56-5)25(3)34(28)45-33)58-27-19-30-35(50)46-41(37(52)47-59(54,55)39(4)15-16-39)21-26(41)11-9-7-6-8-10-12-29(36(51)49(30)22-27)44-38(53)48-18-17-40(42,43)23-48/h9,11,13-14,20,24,26-27,29-30H,6-8,10,12,15-19,21-23H2,1-5H3,(H,44,53)(H,46,50)(H,47,52)/t26-,27-,29+,30+,41-/m1/s1. The first kappa shape index (κ1) is 42.4. The molecule has 2 saturated heterocycles. The maximum absolute atomic E-state index is 14.7. The molecule has 3 N–H and O–H groups in total. The van der Waals surface area contributed by atoms with Crippen LogP contribution >= 0.6 is 0 Å². The van der Waals surface area contributed by atoms with Crippen LogP contribution in [0.3, 0.4) is 0 Å². The largest absolute Gasteiger partial charge is 0.496 e. The van der Waals surface area contributed by atoms with E-state index in [0.29, 0.717) is 60.9 Å². The zero-order valence-corrected chi connectivity index (χ0v) is 35.0. The minimum atomic E-state index is -4.04. The van der Waals surface area contributed by atoms with E-state index < -0.39 is 87.1 Å². The van der Waals surface area contributed by atoms with Crippen molar-refractivity contribution < 1.29 is 50.6 Å². The number of pyridine rings is 1. The fraction of sp³-hybridized carbons (Fsp3) is 0.634. The summed E-state index contributed by atoms with van der Waals surface area (Å²) in [5.41, 5.74) is -0.290. The Kier molecular flexibility index (Phi) is 11.5. The number of likely N-dealkylation sites (tertiary alicyclic amines) is 1. The predicted molar refractivity (Wildman–Crippen MR) is 213 cm³/mol. The van der Waals surface area contributed by atoms with Crippen LogP contribution < -0.4 is 29.6 Å². The fourth-order valence-corrected chi connectivity index (χ4v) is 9.57. The molecule has 2 saturated carbocycles. The maximum atomic E-state index is 14.7. The molecule has 0 unspecified atom stereocenters. The van der Waals surface area contributed by atoms with Gasteiger partial charge in [0, 0.05) is 42.3 Å². The molecule has 0 spiro atoms. The lowest BCUT2D eigenvalue weighted by Gasteiger charge is -2.30. The molecule has 4 heterocycles. The number of urea groups is 1. The molecule has 1 aromatic heterocycles. The number of alkyl halides is 2. The number of nitrogens with one attached hydrogen (secondary N) is 3. The highest BCUT2D eigenvalue weighted by Gasteiger charge is 2.63. The number of aromatic nitrogens is 1. The van der Waals surface area contributed by atoms with Crippen molar-refractivity contribution >= 4 is 44.7 Å². The van der Waals surface area contributed by atoms with Crippen LogP contribution in [0.2, 0.25) is 0 Å². The van der Waals surface area contributed by atoms with Crippen molar-refractivity contribution in [3.05, 3.63) is 35.9 Å². The zero-order valence-electron chi connectivity index (χ0n) is 34.1. The van der Waals surface area contributed by atoms with E-state index in [-0.39, 0.29) is 44.3 Å². The maximum Gasteiger partial charge on any atom is 0.318 e. The van der Waals surface area contributed by atoms with Crippen LogP contribution in [-0.4, -0.2) is 114 Å². The van der Waals surface area contributed by atoms with Gasteiger partial charge in [0.1, 0.15) is 35.2 Å². The highest BCUT2D eigenvalue weighted by molar-refractivity contribution is 7.91. The first-order valence-electron chi connectivity index (χ1n) is 20.5. The van der Waals surface area contributed by atoms with Gasteiger partial charge in [0.2, 0.25) is 27.7 Å². The van der Waals surface area contributed by atoms with Gasteiger partial charge in [-0.1, -0.05) is 25.0 Å². The Morgan fingerprint density at radius 3 is 2.53 bits per heavy atom. The number of sulfonamides is 1. The van der Waals surface area contributed by atoms with Crippen LogP contribution in [-0.2, 0) is 24.4 Å².